The minimum atomic E-state index is -0.223. The Labute approximate surface area is 126 Å². The number of rotatable bonds is 4. The van der Waals surface area contributed by atoms with E-state index >= 15 is 0 Å². The molecule has 1 aliphatic carbocycles. The van der Waals surface area contributed by atoms with Crippen LogP contribution in [0.25, 0.3) is 5.69 Å². The standard InChI is InChI=1S/C15H17BrFN3/c1-9-15(16)10(2)20(19-9)14-6-11(5-12(17)7-14)8-18-13-3-4-13/h5-7,13,18H,3-4,8H2,1-2H3. The maximum absolute atomic E-state index is 13.8. The molecule has 20 heavy (non-hydrogen) atoms. The van der Waals surface area contributed by atoms with E-state index < -0.39 is 0 Å². The summed E-state index contributed by atoms with van der Waals surface area (Å²) < 4.78 is 16.6. The highest BCUT2D eigenvalue weighted by Crippen LogP contribution is 2.24. The van der Waals surface area contributed by atoms with E-state index in [9.17, 15) is 4.39 Å². The van der Waals surface area contributed by atoms with Gasteiger partial charge in [-0.25, -0.2) is 9.07 Å². The minimum Gasteiger partial charge on any atom is -0.310 e. The Balaban J connectivity index is 1.93. The Morgan fingerprint density at radius 2 is 2.10 bits per heavy atom. The van der Waals surface area contributed by atoms with E-state index in [2.05, 4.69) is 26.3 Å². The maximum Gasteiger partial charge on any atom is 0.125 e. The molecule has 3 nitrogen and oxygen atoms in total. The fraction of sp³-hybridized carbons (Fsp3) is 0.400. The maximum atomic E-state index is 13.8. The lowest BCUT2D eigenvalue weighted by molar-refractivity contribution is 0.616. The number of aryl methyl sites for hydroxylation is 1. The predicted octanol–water partition coefficient (Wildman–Crippen LogP) is 3.64. The molecule has 0 bridgehead atoms. The Kier molecular flexibility index (Phi) is 3.65. The van der Waals surface area contributed by atoms with Crippen molar-refractivity contribution in [1.29, 1.82) is 0 Å². The van der Waals surface area contributed by atoms with Gasteiger partial charge in [0, 0.05) is 12.6 Å². The first-order chi connectivity index (χ1) is 9.54. The van der Waals surface area contributed by atoms with Crippen LogP contribution in [0.5, 0.6) is 0 Å². The van der Waals surface area contributed by atoms with Gasteiger partial charge in [0.25, 0.3) is 0 Å². The molecule has 1 aromatic carbocycles. The Morgan fingerprint density at radius 1 is 1.35 bits per heavy atom. The molecule has 0 radical (unpaired) electrons. The molecule has 1 aromatic heterocycles. The van der Waals surface area contributed by atoms with Crippen LogP contribution in [0.4, 0.5) is 4.39 Å². The molecule has 0 saturated heterocycles. The summed E-state index contributed by atoms with van der Waals surface area (Å²) in [4.78, 5) is 0. The molecule has 1 saturated carbocycles. The molecule has 1 fully saturated rings. The van der Waals surface area contributed by atoms with Crippen molar-refractivity contribution in [3.8, 4) is 5.69 Å². The van der Waals surface area contributed by atoms with Gasteiger partial charge in [-0.2, -0.15) is 5.10 Å². The lowest BCUT2D eigenvalue weighted by atomic mass is 10.2. The zero-order valence-corrected chi connectivity index (χ0v) is 13.2. The number of halogens is 2. The summed E-state index contributed by atoms with van der Waals surface area (Å²) in [5.74, 6) is -0.223. The molecule has 0 aliphatic heterocycles. The molecule has 0 amide bonds. The summed E-state index contributed by atoms with van der Waals surface area (Å²) in [5.41, 5.74) is 3.61. The van der Waals surface area contributed by atoms with Crippen LogP contribution in [0.2, 0.25) is 0 Å². The van der Waals surface area contributed by atoms with Crippen molar-refractivity contribution in [2.75, 3.05) is 0 Å². The fourth-order valence-corrected chi connectivity index (χ4v) is 2.53. The van der Waals surface area contributed by atoms with Crippen LogP contribution in [0.1, 0.15) is 29.8 Å². The van der Waals surface area contributed by atoms with Gasteiger partial charge >= 0.3 is 0 Å². The van der Waals surface area contributed by atoms with Gasteiger partial charge in [0.15, 0.2) is 0 Å². The Hall–Kier alpha value is -1.20. The van der Waals surface area contributed by atoms with Gasteiger partial charge in [0.2, 0.25) is 0 Å². The molecule has 5 heteroatoms. The highest BCUT2D eigenvalue weighted by atomic mass is 79.9. The van der Waals surface area contributed by atoms with Crippen molar-refractivity contribution >= 4 is 15.9 Å². The Morgan fingerprint density at radius 3 is 2.70 bits per heavy atom. The minimum absolute atomic E-state index is 0.223. The van der Waals surface area contributed by atoms with Crippen LogP contribution in [0.3, 0.4) is 0 Å². The molecule has 1 N–H and O–H groups in total. The molecule has 2 aromatic rings. The van der Waals surface area contributed by atoms with Gasteiger partial charge in [0.1, 0.15) is 5.82 Å². The number of benzene rings is 1. The highest BCUT2D eigenvalue weighted by Gasteiger charge is 2.20. The average Bonchev–Trinajstić information content (AvgIpc) is 3.20. The number of hydrogen-bond donors (Lipinski definition) is 1. The van der Waals surface area contributed by atoms with Crippen LogP contribution < -0.4 is 5.32 Å². The third-order valence-electron chi connectivity index (χ3n) is 3.56. The summed E-state index contributed by atoms with van der Waals surface area (Å²) in [5, 5.41) is 7.86. The molecule has 0 spiro atoms. The smallest absolute Gasteiger partial charge is 0.125 e. The molecule has 1 heterocycles. The number of aromatic nitrogens is 2. The van der Waals surface area contributed by atoms with Crippen LogP contribution in [-0.2, 0) is 6.54 Å². The van der Waals surface area contributed by atoms with Gasteiger partial charge in [-0.3, -0.25) is 0 Å². The number of nitrogens with one attached hydrogen (secondary N) is 1. The van der Waals surface area contributed by atoms with Gasteiger partial charge in [0.05, 0.1) is 21.5 Å². The van der Waals surface area contributed by atoms with E-state index in [1.54, 1.807) is 10.7 Å². The van der Waals surface area contributed by atoms with Gasteiger partial charge in [-0.1, -0.05) is 0 Å². The van der Waals surface area contributed by atoms with E-state index in [-0.39, 0.29) is 5.82 Å². The molecular formula is C15H17BrFN3. The van der Waals surface area contributed by atoms with Crippen LogP contribution in [0, 0.1) is 19.7 Å². The van der Waals surface area contributed by atoms with Gasteiger partial charge < -0.3 is 5.32 Å². The second kappa shape index (κ2) is 5.30. The van der Waals surface area contributed by atoms with Gasteiger partial charge in [-0.05, 0) is 66.4 Å². The van der Waals surface area contributed by atoms with E-state index in [1.807, 2.05) is 19.9 Å². The molecule has 3 rings (SSSR count). The number of nitrogens with zero attached hydrogens (tertiary/aromatic N) is 2. The summed E-state index contributed by atoms with van der Waals surface area (Å²) in [7, 11) is 0. The third-order valence-corrected chi connectivity index (χ3v) is 4.71. The first-order valence-corrected chi connectivity index (χ1v) is 7.59. The highest BCUT2D eigenvalue weighted by molar-refractivity contribution is 9.10. The molecule has 106 valence electrons. The first-order valence-electron chi connectivity index (χ1n) is 6.79. The number of hydrogen-bond acceptors (Lipinski definition) is 2. The lowest BCUT2D eigenvalue weighted by Gasteiger charge is -2.09. The van der Waals surface area contributed by atoms with Crippen molar-refractivity contribution in [1.82, 2.24) is 15.1 Å². The van der Waals surface area contributed by atoms with Gasteiger partial charge in [-0.15, -0.1) is 0 Å². The SMILES string of the molecule is Cc1nn(-c2cc(F)cc(CNC3CC3)c2)c(C)c1Br. The van der Waals surface area contributed by atoms with Crippen molar-refractivity contribution < 1.29 is 4.39 Å². The predicted molar refractivity (Wildman–Crippen MR) is 80.6 cm³/mol. The zero-order chi connectivity index (χ0) is 14.3. The second-order valence-electron chi connectivity index (χ2n) is 5.37. The van der Waals surface area contributed by atoms with Crippen molar-refractivity contribution in [2.45, 2.75) is 39.3 Å². The van der Waals surface area contributed by atoms with E-state index in [1.165, 1.54) is 18.9 Å². The van der Waals surface area contributed by atoms with E-state index in [0.717, 1.165) is 27.1 Å². The van der Waals surface area contributed by atoms with E-state index in [4.69, 9.17) is 0 Å². The molecule has 1 aliphatic rings. The van der Waals surface area contributed by atoms with Crippen LogP contribution in [-0.4, -0.2) is 15.8 Å². The molecule has 0 unspecified atom stereocenters. The second-order valence-corrected chi connectivity index (χ2v) is 6.16. The monoisotopic (exact) mass is 337 g/mol. The summed E-state index contributed by atoms with van der Waals surface area (Å²) in [6.45, 7) is 4.61. The lowest BCUT2D eigenvalue weighted by Crippen LogP contribution is -2.15. The van der Waals surface area contributed by atoms with Crippen molar-refractivity contribution in [2.24, 2.45) is 0 Å². The topological polar surface area (TPSA) is 29.9 Å². The largest absolute Gasteiger partial charge is 0.310 e. The van der Waals surface area contributed by atoms with Crippen LogP contribution >= 0.6 is 15.9 Å². The van der Waals surface area contributed by atoms with Crippen LogP contribution in [0.15, 0.2) is 22.7 Å². The molecule has 0 atom stereocenters. The molecular weight excluding hydrogens is 321 g/mol. The fourth-order valence-electron chi connectivity index (χ4n) is 2.28. The normalized spacial score (nSPS) is 14.8. The summed E-state index contributed by atoms with van der Waals surface area (Å²) in [6, 6.07) is 5.71. The van der Waals surface area contributed by atoms with E-state index in [0.29, 0.717) is 12.6 Å². The van der Waals surface area contributed by atoms with Crippen molar-refractivity contribution in [3.63, 3.8) is 0 Å². The summed E-state index contributed by atoms with van der Waals surface area (Å²) in [6.07, 6.45) is 2.46. The summed E-state index contributed by atoms with van der Waals surface area (Å²) >= 11 is 3.50. The quantitative estimate of drug-likeness (QED) is 0.922. The third kappa shape index (κ3) is 2.79. The Bertz CT molecular complexity index is 647. The van der Waals surface area contributed by atoms with Crippen molar-refractivity contribution in [3.05, 3.63) is 45.4 Å². The zero-order valence-electron chi connectivity index (χ0n) is 11.6. The average molecular weight is 338 g/mol. The first kappa shape index (κ1) is 13.8.